The van der Waals surface area contributed by atoms with Crippen LogP contribution in [0.3, 0.4) is 0 Å². The van der Waals surface area contributed by atoms with Crippen LogP contribution >= 0.6 is 11.6 Å². The lowest BCUT2D eigenvalue weighted by molar-refractivity contribution is -0.120. The molecule has 0 heterocycles. The van der Waals surface area contributed by atoms with Crippen LogP contribution < -0.4 is 11.1 Å². The largest absolute Gasteiger partial charge is 0.368 e. The molecule has 1 aromatic carbocycles. The molecule has 0 bridgehead atoms. The number of primary amides is 1. The fourth-order valence-electron chi connectivity index (χ4n) is 1.44. The molecule has 0 saturated carbocycles. The quantitative estimate of drug-likeness (QED) is 0.852. The fraction of sp³-hybridized carbons (Fsp3) is 0.417. The molecule has 1 aromatic rings. The molecule has 0 aliphatic carbocycles. The van der Waals surface area contributed by atoms with Crippen molar-refractivity contribution in [1.82, 2.24) is 5.32 Å². The molecule has 0 fully saturated rings. The van der Waals surface area contributed by atoms with Crippen molar-refractivity contribution in [3.05, 3.63) is 34.9 Å². The molecule has 0 spiro atoms. The number of hydrogen-bond acceptors (Lipinski definition) is 2. The lowest BCUT2D eigenvalue weighted by Crippen LogP contribution is -2.44. The Morgan fingerprint density at radius 1 is 1.38 bits per heavy atom. The second-order valence-electron chi connectivity index (χ2n) is 4.75. The number of amides is 1. The van der Waals surface area contributed by atoms with Crippen LogP contribution in [0.15, 0.2) is 24.3 Å². The highest BCUT2D eigenvalue weighted by atomic mass is 35.5. The van der Waals surface area contributed by atoms with E-state index in [4.69, 9.17) is 17.3 Å². The summed E-state index contributed by atoms with van der Waals surface area (Å²) < 4.78 is 0. The zero-order valence-electron chi connectivity index (χ0n) is 9.75. The van der Waals surface area contributed by atoms with Crippen molar-refractivity contribution < 1.29 is 4.79 Å². The summed E-state index contributed by atoms with van der Waals surface area (Å²) in [4.78, 5) is 11.4. The Hall–Kier alpha value is -1.06. The highest BCUT2D eigenvalue weighted by Gasteiger charge is 2.24. The highest BCUT2D eigenvalue weighted by molar-refractivity contribution is 6.31. The van der Waals surface area contributed by atoms with Gasteiger partial charge in [0.05, 0.1) is 0 Å². The van der Waals surface area contributed by atoms with E-state index in [2.05, 4.69) is 5.32 Å². The number of nitrogens with two attached hydrogens (primary N) is 1. The van der Waals surface area contributed by atoms with Gasteiger partial charge >= 0.3 is 0 Å². The van der Waals surface area contributed by atoms with Crippen LogP contribution in [0.25, 0.3) is 0 Å². The Morgan fingerprint density at radius 3 is 2.38 bits per heavy atom. The van der Waals surface area contributed by atoms with Crippen LogP contribution in [0, 0.1) is 0 Å². The number of carbonyl (C=O) groups is 1. The van der Waals surface area contributed by atoms with Gasteiger partial charge in [0.1, 0.15) is 6.04 Å². The fourth-order valence-corrected chi connectivity index (χ4v) is 1.69. The molecule has 0 aromatic heterocycles. The summed E-state index contributed by atoms with van der Waals surface area (Å²) in [7, 11) is 0. The first-order chi connectivity index (χ1) is 7.31. The van der Waals surface area contributed by atoms with Crippen molar-refractivity contribution in [3.8, 4) is 0 Å². The van der Waals surface area contributed by atoms with Gasteiger partial charge in [0, 0.05) is 10.6 Å². The summed E-state index contributed by atoms with van der Waals surface area (Å²) in [6.07, 6.45) is 0. The molecular formula is C12H17ClN2O. The van der Waals surface area contributed by atoms with Crippen molar-refractivity contribution >= 4 is 17.5 Å². The van der Waals surface area contributed by atoms with E-state index in [0.717, 1.165) is 0 Å². The maximum Gasteiger partial charge on any atom is 0.239 e. The standard InChI is InChI=1S/C12H17ClN2O/c1-12(2,3)15-10(11(14)16)8-6-4-5-7-9(8)13/h4-7,10,15H,1-3H3,(H2,14,16)/t10-/m1/s1. The van der Waals surface area contributed by atoms with Crippen molar-refractivity contribution in [2.75, 3.05) is 0 Å². The van der Waals surface area contributed by atoms with Gasteiger partial charge in [-0.2, -0.15) is 0 Å². The summed E-state index contributed by atoms with van der Waals surface area (Å²) in [5.74, 6) is -0.428. The van der Waals surface area contributed by atoms with Crippen molar-refractivity contribution in [2.24, 2.45) is 5.73 Å². The Bertz CT molecular complexity index is 385. The number of hydrogen-bond donors (Lipinski definition) is 2. The average Bonchev–Trinajstić information content (AvgIpc) is 2.13. The van der Waals surface area contributed by atoms with E-state index in [-0.39, 0.29) is 5.54 Å². The third-order valence-electron chi connectivity index (χ3n) is 2.08. The van der Waals surface area contributed by atoms with E-state index in [1.807, 2.05) is 32.9 Å². The third kappa shape index (κ3) is 3.51. The maximum absolute atomic E-state index is 11.4. The normalized spacial score (nSPS) is 13.5. The Kier molecular flexibility index (Phi) is 3.94. The van der Waals surface area contributed by atoms with Gasteiger partial charge in [0.25, 0.3) is 0 Å². The molecule has 1 atom stereocenters. The minimum Gasteiger partial charge on any atom is -0.368 e. The minimum atomic E-state index is -0.561. The summed E-state index contributed by atoms with van der Waals surface area (Å²) in [6.45, 7) is 5.92. The molecule has 1 amide bonds. The molecule has 88 valence electrons. The molecule has 3 N–H and O–H groups in total. The van der Waals surface area contributed by atoms with Gasteiger partial charge in [-0.3, -0.25) is 10.1 Å². The average molecular weight is 241 g/mol. The van der Waals surface area contributed by atoms with Crippen LogP contribution in [0.5, 0.6) is 0 Å². The molecule has 0 unspecified atom stereocenters. The molecule has 3 nitrogen and oxygen atoms in total. The SMILES string of the molecule is CC(C)(C)N[C@@H](C(N)=O)c1ccccc1Cl. The van der Waals surface area contributed by atoms with Gasteiger partial charge < -0.3 is 5.73 Å². The minimum absolute atomic E-state index is 0.209. The van der Waals surface area contributed by atoms with Crippen LogP contribution in [-0.2, 0) is 4.79 Å². The zero-order valence-corrected chi connectivity index (χ0v) is 10.5. The second-order valence-corrected chi connectivity index (χ2v) is 5.16. The van der Waals surface area contributed by atoms with E-state index < -0.39 is 11.9 Å². The molecule has 0 saturated heterocycles. The van der Waals surface area contributed by atoms with Crippen molar-refractivity contribution in [3.63, 3.8) is 0 Å². The van der Waals surface area contributed by atoms with Crippen molar-refractivity contribution in [1.29, 1.82) is 0 Å². The predicted octanol–water partition coefficient (Wildman–Crippen LogP) is 2.25. The Labute approximate surface area is 101 Å². The third-order valence-corrected chi connectivity index (χ3v) is 2.42. The Balaban J connectivity index is 3.04. The van der Waals surface area contributed by atoms with E-state index in [1.54, 1.807) is 12.1 Å². The summed E-state index contributed by atoms with van der Waals surface area (Å²) >= 11 is 6.04. The van der Waals surface area contributed by atoms with E-state index >= 15 is 0 Å². The van der Waals surface area contributed by atoms with Crippen LogP contribution in [0.4, 0.5) is 0 Å². The molecule has 16 heavy (non-hydrogen) atoms. The van der Waals surface area contributed by atoms with Gasteiger partial charge in [-0.05, 0) is 32.4 Å². The summed E-state index contributed by atoms with van der Waals surface area (Å²) in [5, 5.41) is 3.70. The van der Waals surface area contributed by atoms with E-state index in [1.165, 1.54) is 0 Å². The van der Waals surface area contributed by atoms with Gasteiger partial charge in [0.15, 0.2) is 0 Å². The predicted molar refractivity (Wildman–Crippen MR) is 66.3 cm³/mol. The lowest BCUT2D eigenvalue weighted by atomic mass is 10.0. The highest BCUT2D eigenvalue weighted by Crippen LogP contribution is 2.24. The van der Waals surface area contributed by atoms with E-state index in [9.17, 15) is 4.79 Å². The summed E-state index contributed by atoms with van der Waals surface area (Å²) in [6, 6.07) is 6.64. The van der Waals surface area contributed by atoms with Crippen LogP contribution in [0.1, 0.15) is 32.4 Å². The van der Waals surface area contributed by atoms with Gasteiger partial charge in [-0.25, -0.2) is 0 Å². The number of benzene rings is 1. The van der Waals surface area contributed by atoms with E-state index in [0.29, 0.717) is 10.6 Å². The van der Waals surface area contributed by atoms with Crippen molar-refractivity contribution in [2.45, 2.75) is 32.4 Å². The molecule has 0 radical (unpaired) electrons. The molecular weight excluding hydrogens is 224 g/mol. The molecule has 0 aliphatic rings. The Morgan fingerprint density at radius 2 is 1.94 bits per heavy atom. The lowest BCUT2D eigenvalue weighted by Gasteiger charge is -2.27. The second kappa shape index (κ2) is 4.85. The zero-order chi connectivity index (χ0) is 12.3. The first kappa shape index (κ1) is 13.0. The monoisotopic (exact) mass is 240 g/mol. The number of nitrogens with one attached hydrogen (secondary N) is 1. The summed E-state index contributed by atoms with van der Waals surface area (Å²) in [5.41, 5.74) is 5.89. The maximum atomic E-state index is 11.4. The molecule has 0 aliphatic heterocycles. The molecule has 1 rings (SSSR count). The number of halogens is 1. The topological polar surface area (TPSA) is 55.1 Å². The number of rotatable bonds is 3. The van der Waals surface area contributed by atoms with Crippen LogP contribution in [0.2, 0.25) is 5.02 Å². The van der Waals surface area contributed by atoms with Gasteiger partial charge in [-0.15, -0.1) is 0 Å². The smallest absolute Gasteiger partial charge is 0.239 e. The van der Waals surface area contributed by atoms with Crippen LogP contribution in [-0.4, -0.2) is 11.4 Å². The number of carbonyl (C=O) groups excluding carboxylic acids is 1. The van der Waals surface area contributed by atoms with Gasteiger partial charge in [0.2, 0.25) is 5.91 Å². The molecule has 4 heteroatoms. The first-order valence-electron chi connectivity index (χ1n) is 5.13. The first-order valence-corrected chi connectivity index (χ1v) is 5.50. The van der Waals surface area contributed by atoms with Gasteiger partial charge in [-0.1, -0.05) is 29.8 Å².